The second-order valence-electron chi connectivity index (χ2n) is 6.21. The molecule has 1 nitrogen and oxygen atoms in total. The topological polar surface area (TPSA) is 3.24 Å². The first-order valence-electron chi connectivity index (χ1n) is 13.8. The summed E-state index contributed by atoms with van der Waals surface area (Å²) < 4.78 is 0. The predicted octanol–water partition coefficient (Wildman–Crippen LogP) is 11.2. The molecule has 0 N–H and O–H groups in total. The zero-order valence-electron chi connectivity index (χ0n) is 24.4. The van der Waals surface area contributed by atoms with Crippen molar-refractivity contribution < 1.29 is 0 Å². The van der Waals surface area contributed by atoms with Gasteiger partial charge >= 0.3 is 0 Å². The fourth-order valence-electron chi connectivity index (χ4n) is 3.13. The van der Waals surface area contributed by atoms with Gasteiger partial charge < -0.3 is 4.90 Å². The molecule has 0 unspecified atom stereocenters. The van der Waals surface area contributed by atoms with E-state index in [4.69, 9.17) is 0 Å². The van der Waals surface area contributed by atoms with Crippen molar-refractivity contribution in [2.75, 3.05) is 11.9 Å². The summed E-state index contributed by atoms with van der Waals surface area (Å²) in [5.74, 6) is 0. The molecule has 1 heteroatoms. The highest BCUT2D eigenvalue weighted by Gasteiger charge is 2.06. The summed E-state index contributed by atoms with van der Waals surface area (Å²) in [5.41, 5.74) is 5.57. The van der Waals surface area contributed by atoms with Crippen LogP contribution in [-0.2, 0) is 12.8 Å². The van der Waals surface area contributed by atoms with E-state index in [2.05, 4.69) is 84.7 Å². The van der Waals surface area contributed by atoms with E-state index in [1.54, 1.807) is 11.1 Å². The molecule has 0 saturated heterocycles. The van der Waals surface area contributed by atoms with Crippen molar-refractivity contribution in [3.05, 3.63) is 96.1 Å². The Labute approximate surface area is 214 Å². The third-order valence-corrected chi connectivity index (χ3v) is 4.55. The minimum absolute atomic E-state index is 1.21. The number of rotatable bonds is 2. The minimum Gasteiger partial charge on any atom is -0.345 e. The molecule has 0 amide bonds. The van der Waals surface area contributed by atoms with Crippen LogP contribution in [0, 0.1) is 0 Å². The zero-order chi connectivity index (χ0) is 26.6. The van der Waals surface area contributed by atoms with E-state index in [1.165, 1.54) is 37.1 Å². The second kappa shape index (κ2) is 28.5. The number of aryl methyl sites for hydroxylation is 2. The highest BCUT2D eigenvalue weighted by Crippen LogP contribution is 2.22. The van der Waals surface area contributed by atoms with Crippen molar-refractivity contribution in [2.24, 2.45) is 0 Å². The largest absolute Gasteiger partial charge is 0.345 e. The number of hydrogen-bond acceptors (Lipinski definition) is 1. The van der Waals surface area contributed by atoms with Gasteiger partial charge in [0.15, 0.2) is 0 Å². The highest BCUT2D eigenvalue weighted by atomic mass is 15.1. The van der Waals surface area contributed by atoms with Gasteiger partial charge in [0.25, 0.3) is 0 Å². The summed E-state index contributed by atoms with van der Waals surface area (Å²) in [6.45, 7) is 20.0. The van der Waals surface area contributed by atoms with E-state index < -0.39 is 0 Å². The Morgan fingerprint density at radius 3 is 0.971 bits per heavy atom. The van der Waals surface area contributed by atoms with Crippen LogP contribution in [0.4, 0.5) is 11.4 Å². The first-order chi connectivity index (χ1) is 16.8. The van der Waals surface area contributed by atoms with E-state index in [0.717, 1.165) is 0 Å². The predicted molar refractivity (Wildman–Crippen MR) is 161 cm³/mol. The molecule has 1 aliphatic carbocycles. The first kappa shape index (κ1) is 36.0. The van der Waals surface area contributed by atoms with Crippen LogP contribution in [0.1, 0.15) is 93.2 Å². The van der Waals surface area contributed by atoms with Crippen molar-refractivity contribution in [1.82, 2.24) is 0 Å². The Balaban J connectivity index is -0.000000423. The molecule has 0 heterocycles. The third-order valence-electron chi connectivity index (χ3n) is 4.55. The Bertz CT molecular complexity index is 670. The van der Waals surface area contributed by atoms with Gasteiger partial charge in [-0.1, -0.05) is 130 Å². The van der Waals surface area contributed by atoms with Gasteiger partial charge in [0.1, 0.15) is 0 Å². The lowest BCUT2D eigenvalue weighted by molar-refractivity contribution is 0.685. The SMILES string of the molecule is CC.CC.CC.CC.CC.CN(c1ccccc1)c1ccccc1.c1ccc2c(c1)CCCC2. The third kappa shape index (κ3) is 15.3. The summed E-state index contributed by atoms with van der Waals surface area (Å²) in [4.78, 5) is 2.17. The smallest absolute Gasteiger partial charge is 0.0408 e. The summed E-state index contributed by atoms with van der Waals surface area (Å²) in [7, 11) is 2.07. The van der Waals surface area contributed by atoms with Crippen molar-refractivity contribution in [2.45, 2.75) is 94.9 Å². The maximum absolute atomic E-state index is 2.26. The van der Waals surface area contributed by atoms with Crippen molar-refractivity contribution in [3.8, 4) is 0 Å². The molecule has 0 saturated carbocycles. The molecule has 1 aliphatic rings. The molecular formula is C33H55N. The van der Waals surface area contributed by atoms with Gasteiger partial charge in [-0.2, -0.15) is 0 Å². The maximum atomic E-state index is 2.26. The molecule has 0 fully saturated rings. The van der Waals surface area contributed by atoms with E-state index in [1.807, 2.05) is 81.4 Å². The maximum Gasteiger partial charge on any atom is 0.0408 e. The molecular weight excluding hydrogens is 410 g/mol. The average molecular weight is 466 g/mol. The Morgan fingerprint density at radius 2 is 0.676 bits per heavy atom. The van der Waals surface area contributed by atoms with Crippen LogP contribution in [0.2, 0.25) is 0 Å². The van der Waals surface area contributed by atoms with Crippen LogP contribution in [0.5, 0.6) is 0 Å². The quantitative estimate of drug-likeness (QED) is 0.363. The average Bonchev–Trinajstić information content (AvgIpc) is 2.99. The highest BCUT2D eigenvalue weighted by molar-refractivity contribution is 5.61. The fraction of sp³-hybridized carbons (Fsp3) is 0.455. The Kier molecular flexibility index (Phi) is 30.2. The molecule has 0 aliphatic heterocycles. The van der Waals surface area contributed by atoms with Gasteiger partial charge in [-0.3, -0.25) is 0 Å². The van der Waals surface area contributed by atoms with Crippen LogP contribution < -0.4 is 4.90 Å². The Morgan fingerprint density at radius 1 is 0.412 bits per heavy atom. The van der Waals surface area contributed by atoms with Gasteiger partial charge in [-0.05, 0) is 61.1 Å². The molecule has 3 aromatic carbocycles. The molecule has 0 bridgehead atoms. The fourth-order valence-corrected chi connectivity index (χ4v) is 3.13. The lowest BCUT2D eigenvalue weighted by atomic mass is 9.92. The lowest BCUT2D eigenvalue weighted by Crippen LogP contribution is -2.08. The van der Waals surface area contributed by atoms with Crippen LogP contribution in [0.15, 0.2) is 84.9 Å². The molecule has 4 rings (SSSR count). The van der Waals surface area contributed by atoms with E-state index in [-0.39, 0.29) is 0 Å². The number of benzene rings is 3. The van der Waals surface area contributed by atoms with Crippen molar-refractivity contribution >= 4 is 11.4 Å². The zero-order valence-corrected chi connectivity index (χ0v) is 24.4. The van der Waals surface area contributed by atoms with Gasteiger partial charge in [0.2, 0.25) is 0 Å². The number of para-hydroxylation sites is 2. The second-order valence-corrected chi connectivity index (χ2v) is 6.21. The van der Waals surface area contributed by atoms with Gasteiger partial charge in [-0.25, -0.2) is 0 Å². The first-order valence-corrected chi connectivity index (χ1v) is 13.8. The lowest BCUT2D eigenvalue weighted by Gasteiger charge is -2.18. The van der Waals surface area contributed by atoms with Gasteiger partial charge in [-0.15, -0.1) is 0 Å². The number of hydrogen-bond donors (Lipinski definition) is 0. The van der Waals surface area contributed by atoms with E-state index in [0.29, 0.717) is 0 Å². The molecule has 34 heavy (non-hydrogen) atoms. The molecule has 0 spiro atoms. The number of nitrogens with zero attached hydrogens (tertiary/aromatic N) is 1. The minimum atomic E-state index is 1.21. The monoisotopic (exact) mass is 465 g/mol. The molecule has 192 valence electrons. The van der Waals surface area contributed by atoms with Crippen LogP contribution in [0.25, 0.3) is 0 Å². The van der Waals surface area contributed by atoms with Gasteiger partial charge in [0, 0.05) is 18.4 Å². The van der Waals surface area contributed by atoms with Crippen LogP contribution in [-0.4, -0.2) is 7.05 Å². The number of fused-ring (bicyclic) bond motifs is 1. The summed E-state index contributed by atoms with van der Waals surface area (Å²) >= 11 is 0. The van der Waals surface area contributed by atoms with E-state index >= 15 is 0 Å². The molecule has 3 aromatic rings. The Hall–Kier alpha value is -2.54. The standard InChI is InChI=1S/C13H13N.C10H12.5C2H6/c1-14(12-8-4-2-5-9-12)13-10-6-3-7-11-13;1-2-6-10-8-4-3-7-9(10)5-1;5*1-2/h2-11H,1H3;1-2,5-6H,3-4,7-8H2;5*1-2H3. The molecule has 0 atom stereocenters. The van der Waals surface area contributed by atoms with Crippen LogP contribution in [0.3, 0.4) is 0 Å². The van der Waals surface area contributed by atoms with E-state index in [9.17, 15) is 0 Å². The summed E-state index contributed by atoms with van der Waals surface area (Å²) in [6.07, 6.45) is 5.38. The summed E-state index contributed by atoms with van der Waals surface area (Å²) in [5, 5.41) is 0. The van der Waals surface area contributed by atoms with Crippen molar-refractivity contribution in [1.29, 1.82) is 0 Å². The summed E-state index contributed by atoms with van der Waals surface area (Å²) in [6, 6.07) is 29.5. The van der Waals surface area contributed by atoms with Gasteiger partial charge in [0.05, 0.1) is 0 Å². The van der Waals surface area contributed by atoms with Crippen LogP contribution >= 0.6 is 0 Å². The van der Waals surface area contributed by atoms with Crippen molar-refractivity contribution in [3.63, 3.8) is 0 Å². The molecule has 0 aromatic heterocycles. The normalized spacial score (nSPS) is 9.74. The number of anilines is 2. The molecule has 0 radical (unpaired) electrons.